The Morgan fingerprint density at radius 2 is 2.15 bits per heavy atom. The van der Waals surface area contributed by atoms with E-state index in [1.54, 1.807) is 0 Å². The largest absolute Gasteiger partial charge is 0.221 e. The summed E-state index contributed by atoms with van der Waals surface area (Å²) in [7, 11) is -3.08. The van der Waals surface area contributed by atoms with E-state index in [1.165, 1.54) is 12.8 Å². The molecule has 0 aromatic rings. The van der Waals surface area contributed by atoms with Gasteiger partial charge in [-0.3, -0.25) is 0 Å². The number of rotatable bonds is 6. The first-order valence-electron chi connectivity index (χ1n) is 4.63. The number of hydrogen-bond donors (Lipinski definition) is 1. The molecule has 0 heterocycles. The molecule has 13 heavy (non-hydrogen) atoms. The van der Waals surface area contributed by atoms with E-state index in [9.17, 15) is 8.42 Å². The summed E-state index contributed by atoms with van der Waals surface area (Å²) in [4.78, 5) is 0. The number of halogens is 1. The van der Waals surface area contributed by atoms with E-state index >= 15 is 0 Å². The van der Waals surface area contributed by atoms with Crippen molar-refractivity contribution in [2.24, 2.45) is 5.92 Å². The van der Waals surface area contributed by atoms with Gasteiger partial charge < -0.3 is 0 Å². The molecule has 78 valence electrons. The first kappa shape index (κ1) is 11.5. The van der Waals surface area contributed by atoms with Crippen LogP contribution in [0, 0.1) is 5.92 Å². The quantitative estimate of drug-likeness (QED) is 0.748. The summed E-state index contributed by atoms with van der Waals surface area (Å²) < 4.78 is 25.1. The highest BCUT2D eigenvalue weighted by Crippen LogP contribution is 2.34. The Morgan fingerprint density at radius 1 is 1.54 bits per heavy atom. The molecule has 1 aliphatic carbocycles. The molecule has 0 aliphatic heterocycles. The maximum atomic E-state index is 11.2. The SMILES string of the molecule is CCC(CC1CC1)NS(=O)(=O)CBr. The normalized spacial score (nSPS) is 20.2. The fourth-order valence-electron chi connectivity index (χ4n) is 1.34. The van der Waals surface area contributed by atoms with Crippen molar-refractivity contribution in [1.82, 2.24) is 4.72 Å². The van der Waals surface area contributed by atoms with Gasteiger partial charge in [-0.05, 0) is 18.8 Å². The van der Waals surface area contributed by atoms with Gasteiger partial charge in [-0.2, -0.15) is 0 Å². The molecule has 1 saturated carbocycles. The Morgan fingerprint density at radius 3 is 2.54 bits per heavy atom. The highest BCUT2D eigenvalue weighted by molar-refractivity contribution is 9.10. The van der Waals surface area contributed by atoms with Crippen LogP contribution in [0.5, 0.6) is 0 Å². The maximum Gasteiger partial charge on any atom is 0.221 e. The highest BCUT2D eigenvalue weighted by Gasteiger charge is 2.26. The molecule has 1 fully saturated rings. The molecule has 0 radical (unpaired) electrons. The molecule has 1 unspecified atom stereocenters. The van der Waals surface area contributed by atoms with E-state index in [-0.39, 0.29) is 10.7 Å². The average molecular weight is 270 g/mol. The second kappa shape index (κ2) is 4.75. The van der Waals surface area contributed by atoms with Gasteiger partial charge >= 0.3 is 0 Å². The third-order valence-corrected chi connectivity index (χ3v) is 5.09. The van der Waals surface area contributed by atoms with Crippen LogP contribution in [0.25, 0.3) is 0 Å². The van der Waals surface area contributed by atoms with E-state index in [4.69, 9.17) is 0 Å². The maximum absolute atomic E-state index is 11.2. The third kappa shape index (κ3) is 4.42. The Balaban J connectivity index is 2.37. The van der Waals surface area contributed by atoms with Crippen molar-refractivity contribution in [3.63, 3.8) is 0 Å². The van der Waals surface area contributed by atoms with Gasteiger partial charge in [0.15, 0.2) is 0 Å². The van der Waals surface area contributed by atoms with Crippen molar-refractivity contribution < 1.29 is 8.42 Å². The van der Waals surface area contributed by atoms with Crippen molar-refractivity contribution in [3.8, 4) is 0 Å². The minimum absolute atomic E-state index is 0.00116. The van der Waals surface area contributed by atoms with Gasteiger partial charge in [0.2, 0.25) is 10.0 Å². The zero-order valence-electron chi connectivity index (χ0n) is 7.79. The van der Waals surface area contributed by atoms with Crippen molar-refractivity contribution in [3.05, 3.63) is 0 Å². The summed E-state index contributed by atoms with van der Waals surface area (Å²) >= 11 is 2.96. The smallest absolute Gasteiger partial charge is 0.212 e. The van der Waals surface area contributed by atoms with Gasteiger partial charge in [0, 0.05) is 6.04 Å². The molecule has 1 rings (SSSR count). The standard InChI is InChI=1S/C8H16BrNO2S/c1-2-8(5-7-3-4-7)10-13(11,12)6-9/h7-8,10H,2-6H2,1H3. The fraction of sp³-hybridized carbons (Fsp3) is 1.00. The van der Waals surface area contributed by atoms with E-state index < -0.39 is 10.0 Å². The summed E-state index contributed by atoms with van der Waals surface area (Å²) in [6, 6.07) is 0.134. The van der Waals surface area contributed by atoms with Crippen LogP contribution in [0.15, 0.2) is 0 Å². The van der Waals surface area contributed by atoms with E-state index in [0.29, 0.717) is 0 Å². The number of hydrogen-bond acceptors (Lipinski definition) is 2. The minimum Gasteiger partial charge on any atom is -0.212 e. The van der Waals surface area contributed by atoms with Crippen molar-refractivity contribution in [1.29, 1.82) is 0 Å². The fourth-order valence-corrected chi connectivity index (χ4v) is 2.57. The van der Waals surface area contributed by atoms with E-state index in [1.807, 2.05) is 6.92 Å². The lowest BCUT2D eigenvalue weighted by Crippen LogP contribution is -2.35. The van der Waals surface area contributed by atoms with Crippen LogP contribution in [0.4, 0.5) is 0 Å². The topological polar surface area (TPSA) is 46.2 Å². The lowest BCUT2D eigenvalue weighted by molar-refractivity contribution is 0.497. The van der Waals surface area contributed by atoms with E-state index in [2.05, 4.69) is 20.7 Å². The summed E-state index contributed by atoms with van der Waals surface area (Å²) in [5, 5.41) is 0. The molecule has 0 saturated heterocycles. The molecule has 1 N–H and O–H groups in total. The average Bonchev–Trinajstić information content (AvgIpc) is 2.87. The molecule has 0 amide bonds. The zero-order valence-corrected chi connectivity index (χ0v) is 10.2. The Labute approximate surface area is 88.5 Å². The van der Waals surface area contributed by atoms with Crippen molar-refractivity contribution in [2.45, 2.75) is 38.6 Å². The Hall–Kier alpha value is 0.390. The summed E-state index contributed by atoms with van der Waals surface area (Å²) in [5.41, 5.74) is 0. The summed E-state index contributed by atoms with van der Waals surface area (Å²) in [5.74, 6) is 0.767. The zero-order chi connectivity index (χ0) is 9.90. The van der Waals surface area contributed by atoms with Gasteiger partial charge in [-0.15, -0.1) is 0 Å². The molecular weight excluding hydrogens is 254 g/mol. The van der Waals surface area contributed by atoms with Crippen LogP contribution in [0.2, 0.25) is 0 Å². The summed E-state index contributed by atoms with van der Waals surface area (Å²) in [6.45, 7) is 2.02. The first-order chi connectivity index (χ1) is 6.07. The van der Waals surface area contributed by atoms with Gasteiger partial charge in [0.25, 0.3) is 0 Å². The number of sulfonamides is 1. The lowest BCUT2D eigenvalue weighted by Gasteiger charge is -2.15. The van der Waals surface area contributed by atoms with Crippen LogP contribution in [0.1, 0.15) is 32.6 Å². The number of alkyl halides is 1. The molecule has 1 atom stereocenters. The van der Waals surface area contributed by atoms with Crippen LogP contribution < -0.4 is 4.72 Å². The van der Waals surface area contributed by atoms with Gasteiger partial charge in [0.1, 0.15) is 4.66 Å². The molecular formula is C8H16BrNO2S. The molecule has 0 aromatic heterocycles. The number of nitrogens with one attached hydrogen (secondary N) is 1. The third-order valence-electron chi connectivity index (χ3n) is 2.30. The lowest BCUT2D eigenvalue weighted by atomic mass is 10.1. The monoisotopic (exact) mass is 269 g/mol. The van der Waals surface area contributed by atoms with Crippen molar-refractivity contribution in [2.75, 3.05) is 4.66 Å². The first-order valence-corrected chi connectivity index (χ1v) is 7.40. The molecule has 1 aliphatic rings. The van der Waals surface area contributed by atoms with Gasteiger partial charge in [-0.1, -0.05) is 35.7 Å². The van der Waals surface area contributed by atoms with Crippen LogP contribution >= 0.6 is 15.9 Å². The van der Waals surface area contributed by atoms with E-state index in [0.717, 1.165) is 18.8 Å². The highest BCUT2D eigenvalue weighted by atomic mass is 79.9. The van der Waals surface area contributed by atoms with Gasteiger partial charge in [0.05, 0.1) is 0 Å². The van der Waals surface area contributed by atoms with Gasteiger partial charge in [-0.25, -0.2) is 13.1 Å². The molecule has 5 heteroatoms. The van der Waals surface area contributed by atoms with Crippen molar-refractivity contribution >= 4 is 26.0 Å². The minimum atomic E-state index is -3.08. The molecule has 0 bridgehead atoms. The molecule has 3 nitrogen and oxygen atoms in total. The van der Waals surface area contributed by atoms with Crippen LogP contribution in [0.3, 0.4) is 0 Å². The molecule has 0 aromatic carbocycles. The Bertz CT molecular complexity index is 249. The molecule has 0 spiro atoms. The van der Waals surface area contributed by atoms with Crippen LogP contribution in [-0.2, 0) is 10.0 Å². The predicted molar refractivity (Wildman–Crippen MR) is 57.3 cm³/mol. The Kier molecular flexibility index (Phi) is 4.19. The predicted octanol–water partition coefficient (Wildman–Crippen LogP) is 1.84. The summed E-state index contributed by atoms with van der Waals surface area (Å²) in [6.07, 6.45) is 4.42. The second-order valence-electron chi connectivity index (χ2n) is 3.63. The van der Waals surface area contributed by atoms with Crippen LogP contribution in [-0.4, -0.2) is 19.1 Å². The second-order valence-corrected chi connectivity index (χ2v) is 6.68.